The Labute approximate surface area is 293 Å². The largest absolute Gasteiger partial charge is 0.508 e. The molecule has 2 heterocycles. The standard InChI is InChI=1S/C39H46N6O5/c1-2-20-43-27-36(47)44-34(22-28-16-18-33(46)19-17-28)38(49)42(26-35(44)45(43)39(50)41-24-30-12-7-4-8-13-30)25-31-14-9-15-32(21-31)37(48)40-23-29-10-5-3-6-11-29/h2,4,7-9,12-19,21,29,34-35,46H,1,3,5-6,10-11,20,22-27H2,(H,40,48)(H,41,50)/t34-,35-/m0/s1. The maximum atomic E-state index is 14.3. The van der Waals surface area contributed by atoms with E-state index in [0.29, 0.717) is 18.0 Å². The minimum Gasteiger partial charge on any atom is -0.508 e. The van der Waals surface area contributed by atoms with Gasteiger partial charge in [0.25, 0.3) is 5.91 Å². The summed E-state index contributed by atoms with van der Waals surface area (Å²) in [6.45, 7) is 5.21. The predicted molar refractivity (Wildman–Crippen MR) is 189 cm³/mol. The Morgan fingerprint density at radius 3 is 2.36 bits per heavy atom. The summed E-state index contributed by atoms with van der Waals surface area (Å²) >= 11 is 0. The number of phenols is 1. The molecule has 3 fully saturated rings. The van der Waals surface area contributed by atoms with Crippen molar-refractivity contribution in [1.82, 2.24) is 30.5 Å². The number of hydrazine groups is 1. The van der Waals surface area contributed by atoms with Crippen LogP contribution < -0.4 is 10.6 Å². The lowest BCUT2D eigenvalue weighted by Gasteiger charge is -2.55. The number of piperazine rings is 1. The van der Waals surface area contributed by atoms with Gasteiger partial charge in [-0.05, 0) is 59.7 Å². The molecule has 0 spiro atoms. The van der Waals surface area contributed by atoms with Gasteiger partial charge < -0.3 is 25.5 Å². The van der Waals surface area contributed by atoms with Crippen LogP contribution in [-0.2, 0) is 29.1 Å². The molecule has 262 valence electrons. The van der Waals surface area contributed by atoms with Crippen molar-refractivity contribution in [2.24, 2.45) is 5.92 Å². The summed E-state index contributed by atoms with van der Waals surface area (Å²) in [5.74, 6) is -0.0599. The second-order valence-electron chi connectivity index (χ2n) is 13.4. The second kappa shape index (κ2) is 16.0. The highest BCUT2D eigenvalue weighted by Gasteiger charge is 2.51. The number of carbonyl (C=O) groups excluding carboxylic acids is 4. The lowest BCUT2D eigenvalue weighted by molar-refractivity contribution is -0.189. The summed E-state index contributed by atoms with van der Waals surface area (Å²) in [5.41, 5.74) is 2.98. The fourth-order valence-electron chi connectivity index (χ4n) is 7.32. The molecule has 1 aliphatic carbocycles. The van der Waals surface area contributed by atoms with E-state index in [2.05, 4.69) is 17.2 Å². The number of hydrogen-bond acceptors (Lipinski definition) is 6. The topological polar surface area (TPSA) is 126 Å². The molecular weight excluding hydrogens is 632 g/mol. The van der Waals surface area contributed by atoms with Crippen molar-refractivity contribution in [3.8, 4) is 5.75 Å². The van der Waals surface area contributed by atoms with Gasteiger partial charge in [-0.1, -0.05) is 79.9 Å². The Kier molecular flexibility index (Phi) is 11.1. The first-order chi connectivity index (χ1) is 24.3. The van der Waals surface area contributed by atoms with Gasteiger partial charge in [0.15, 0.2) is 0 Å². The van der Waals surface area contributed by atoms with E-state index in [9.17, 15) is 24.3 Å². The first-order valence-corrected chi connectivity index (χ1v) is 17.5. The van der Waals surface area contributed by atoms with Crippen LogP contribution in [-0.4, -0.2) is 87.1 Å². The van der Waals surface area contributed by atoms with E-state index >= 15 is 0 Å². The molecule has 2 saturated heterocycles. The number of carbonyl (C=O) groups is 4. The minimum absolute atomic E-state index is 0.0706. The molecule has 3 N–H and O–H groups in total. The van der Waals surface area contributed by atoms with Crippen LogP contribution >= 0.6 is 0 Å². The van der Waals surface area contributed by atoms with Crippen LogP contribution in [0.5, 0.6) is 5.75 Å². The Hall–Kier alpha value is -5.16. The Morgan fingerprint density at radius 1 is 0.880 bits per heavy atom. The third-order valence-electron chi connectivity index (χ3n) is 9.87. The van der Waals surface area contributed by atoms with Gasteiger partial charge in [-0.25, -0.2) is 14.8 Å². The monoisotopic (exact) mass is 678 g/mol. The van der Waals surface area contributed by atoms with Gasteiger partial charge in [-0.2, -0.15) is 0 Å². The molecule has 11 nitrogen and oxygen atoms in total. The zero-order valence-electron chi connectivity index (χ0n) is 28.4. The zero-order valence-corrected chi connectivity index (χ0v) is 28.4. The van der Waals surface area contributed by atoms with Crippen molar-refractivity contribution in [1.29, 1.82) is 0 Å². The summed E-state index contributed by atoms with van der Waals surface area (Å²) in [4.78, 5) is 58.6. The molecule has 3 aromatic rings. The number of fused-ring (bicyclic) bond motifs is 1. The van der Waals surface area contributed by atoms with Crippen molar-refractivity contribution in [3.05, 3.63) is 114 Å². The highest BCUT2D eigenvalue weighted by molar-refractivity contribution is 5.94. The average Bonchev–Trinajstić information content (AvgIpc) is 3.13. The van der Waals surface area contributed by atoms with E-state index in [1.54, 1.807) is 56.2 Å². The fraction of sp³-hybridized carbons (Fsp3) is 0.385. The molecule has 2 aliphatic heterocycles. The van der Waals surface area contributed by atoms with Gasteiger partial charge in [-0.15, -0.1) is 6.58 Å². The number of phenolic OH excluding ortho intramolecular Hbond substituents is 1. The summed E-state index contributed by atoms with van der Waals surface area (Å²) in [6, 6.07) is 22.1. The normalized spacial score (nSPS) is 20.0. The second-order valence-corrected chi connectivity index (χ2v) is 13.4. The molecule has 0 bridgehead atoms. The molecule has 6 rings (SSSR count). The van der Waals surface area contributed by atoms with E-state index in [1.807, 2.05) is 48.5 Å². The molecule has 5 amide bonds. The van der Waals surface area contributed by atoms with E-state index in [0.717, 1.165) is 29.5 Å². The molecule has 0 radical (unpaired) electrons. The number of nitrogens with one attached hydrogen (secondary N) is 2. The molecule has 50 heavy (non-hydrogen) atoms. The van der Waals surface area contributed by atoms with E-state index in [1.165, 1.54) is 19.3 Å². The molecule has 0 unspecified atom stereocenters. The van der Waals surface area contributed by atoms with Gasteiger partial charge in [0.05, 0.1) is 13.1 Å². The number of amides is 5. The van der Waals surface area contributed by atoms with Gasteiger partial charge in [-0.3, -0.25) is 14.4 Å². The first kappa shape index (κ1) is 34.7. The van der Waals surface area contributed by atoms with Crippen LogP contribution in [0, 0.1) is 5.92 Å². The lowest BCUT2D eigenvalue weighted by atomic mass is 9.89. The highest BCUT2D eigenvalue weighted by atomic mass is 16.3. The zero-order chi connectivity index (χ0) is 35.0. The van der Waals surface area contributed by atoms with Crippen LogP contribution in [0.4, 0.5) is 4.79 Å². The maximum Gasteiger partial charge on any atom is 0.334 e. The quantitative estimate of drug-likeness (QED) is 0.258. The summed E-state index contributed by atoms with van der Waals surface area (Å²) in [6.07, 6.45) is 6.97. The van der Waals surface area contributed by atoms with Crippen LogP contribution in [0.2, 0.25) is 0 Å². The molecule has 3 aliphatic rings. The van der Waals surface area contributed by atoms with Gasteiger partial charge in [0.2, 0.25) is 11.8 Å². The third kappa shape index (κ3) is 8.16. The minimum atomic E-state index is -0.900. The van der Waals surface area contributed by atoms with Crippen LogP contribution in [0.3, 0.4) is 0 Å². The number of benzene rings is 3. The molecule has 3 aromatic carbocycles. The molecule has 11 heteroatoms. The van der Waals surface area contributed by atoms with Gasteiger partial charge in [0.1, 0.15) is 18.0 Å². The van der Waals surface area contributed by atoms with Crippen molar-refractivity contribution in [2.45, 2.75) is 63.8 Å². The van der Waals surface area contributed by atoms with Crippen molar-refractivity contribution < 1.29 is 24.3 Å². The van der Waals surface area contributed by atoms with Gasteiger partial charge in [0, 0.05) is 38.2 Å². The molecule has 2 atom stereocenters. The lowest BCUT2D eigenvalue weighted by Crippen LogP contribution is -2.76. The number of rotatable bonds is 11. The van der Waals surface area contributed by atoms with Crippen molar-refractivity contribution in [2.75, 3.05) is 26.2 Å². The molecular formula is C39H46N6O5. The maximum absolute atomic E-state index is 14.3. The summed E-state index contributed by atoms with van der Waals surface area (Å²) < 4.78 is 0. The SMILES string of the molecule is C=CCN1CC(=O)N2[C@@H](Cc3ccc(O)cc3)C(=O)N(Cc3cccc(C(=O)NCC4CCCCC4)c3)C[C@@H]2N1C(=O)NCc1ccccc1. The van der Waals surface area contributed by atoms with E-state index in [-0.39, 0.29) is 62.6 Å². The van der Waals surface area contributed by atoms with Crippen LogP contribution in [0.15, 0.2) is 91.5 Å². The number of hydrogen-bond donors (Lipinski definition) is 3. The van der Waals surface area contributed by atoms with E-state index < -0.39 is 18.2 Å². The number of nitrogens with zero attached hydrogens (tertiary/aromatic N) is 4. The Morgan fingerprint density at radius 2 is 1.62 bits per heavy atom. The van der Waals surface area contributed by atoms with Gasteiger partial charge >= 0.3 is 6.03 Å². The Balaban J connectivity index is 1.27. The number of urea groups is 1. The Bertz CT molecular complexity index is 1680. The van der Waals surface area contributed by atoms with E-state index in [4.69, 9.17) is 0 Å². The number of aromatic hydroxyl groups is 1. The summed E-state index contributed by atoms with van der Waals surface area (Å²) in [5, 5.41) is 19.2. The van der Waals surface area contributed by atoms with Crippen molar-refractivity contribution in [3.63, 3.8) is 0 Å². The smallest absolute Gasteiger partial charge is 0.334 e. The van der Waals surface area contributed by atoms with Crippen LogP contribution in [0.25, 0.3) is 0 Å². The predicted octanol–water partition coefficient (Wildman–Crippen LogP) is 4.44. The third-order valence-corrected chi connectivity index (χ3v) is 9.87. The summed E-state index contributed by atoms with van der Waals surface area (Å²) in [7, 11) is 0. The first-order valence-electron chi connectivity index (χ1n) is 17.5. The molecule has 1 saturated carbocycles. The average molecular weight is 679 g/mol. The fourth-order valence-corrected chi connectivity index (χ4v) is 7.32. The highest BCUT2D eigenvalue weighted by Crippen LogP contribution is 2.30. The molecule has 0 aromatic heterocycles. The van der Waals surface area contributed by atoms with Crippen LogP contribution in [0.1, 0.15) is 59.2 Å². The van der Waals surface area contributed by atoms with Crippen molar-refractivity contribution >= 4 is 23.8 Å².